The van der Waals surface area contributed by atoms with Gasteiger partial charge in [-0.25, -0.2) is 8.78 Å². The molecule has 0 saturated heterocycles. The standard InChI is InChI=1S/C9H4F9N/c10-4-2-6(19)5(11)1-3(4)7(12,13)8(14,15)9(16,17)18/h1-2H,19H2. The average Bonchev–Trinajstić information content (AvgIpc) is 2.21. The quantitative estimate of drug-likeness (QED) is 0.651. The maximum atomic E-state index is 13.1. The Morgan fingerprint density at radius 2 is 1.26 bits per heavy atom. The molecule has 10 heteroatoms. The molecule has 0 heterocycles. The predicted molar refractivity (Wildman–Crippen MR) is 45.7 cm³/mol. The Hall–Kier alpha value is -1.61. The van der Waals surface area contributed by atoms with Gasteiger partial charge in [0.2, 0.25) is 0 Å². The van der Waals surface area contributed by atoms with Crippen molar-refractivity contribution >= 4 is 5.69 Å². The number of alkyl halides is 7. The largest absolute Gasteiger partial charge is 0.460 e. The molecule has 1 rings (SSSR count). The van der Waals surface area contributed by atoms with Crippen LogP contribution in [0.2, 0.25) is 0 Å². The van der Waals surface area contributed by atoms with E-state index in [0.29, 0.717) is 0 Å². The smallest absolute Gasteiger partial charge is 0.396 e. The van der Waals surface area contributed by atoms with E-state index < -0.39 is 47.0 Å². The van der Waals surface area contributed by atoms with Crippen LogP contribution in [0.4, 0.5) is 45.2 Å². The van der Waals surface area contributed by atoms with Crippen LogP contribution in [0.15, 0.2) is 12.1 Å². The Morgan fingerprint density at radius 3 is 1.68 bits per heavy atom. The molecule has 0 amide bonds. The van der Waals surface area contributed by atoms with E-state index in [4.69, 9.17) is 5.73 Å². The topological polar surface area (TPSA) is 26.0 Å². The molecule has 0 unspecified atom stereocenters. The van der Waals surface area contributed by atoms with Crippen molar-refractivity contribution in [3.8, 4) is 0 Å². The van der Waals surface area contributed by atoms with Gasteiger partial charge in [-0.05, 0) is 6.07 Å². The number of nitrogen functional groups attached to an aromatic ring is 1. The number of hydrogen-bond acceptors (Lipinski definition) is 1. The fraction of sp³-hybridized carbons (Fsp3) is 0.333. The highest BCUT2D eigenvalue weighted by atomic mass is 19.4. The zero-order valence-corrected chi connectivity index (χ0v) is 8.63. The van der Waals surface area contributed by atoms with Crippen LogP contribution in [-0.4, -0.2) is 12.1 Å². The van der Waals surface area contributed by atoms with E-state index in [9.17, 15) is 39.5 Å². The Morgan fingerprint density at radius 1 is 0.789 bits per heavy atom. The lowest BCUT2D eigenvalue weighted by Crippen LogP contribution is -2.50. The van der Waals surface area contributed by atoms with Crippen LogP contribution < -0.4 is 5.73 Å². The van der Waals surface area contributed by atoms with Crippen molar-refractivity contribution in [1.29, 1.82) is 0 Å². The molecule has 0 saturated carbocycles. The minimum Gasteiger partial charge on any atom is -0.396 e. The number of hydrogen-bond donors (Lipinski definition) is 1. The molecule has 108 valence electrons. The first-order chi connectivity index (χ1) is 8.32. The second-order valence-corrected chi connectivity index (χ2v) is 3.50. The van der Waals surface area contributed by atoms with Gasteiger partial charge in [0.25, 0.3) is 0 Å². The molecule has 2 N–H and O–H groups in total. The van der Waals surface area contributed by atoms with Gasteiger partial charge in [0.05, 0.1) is 11.3 Å². The summed E-state index contributed by atoms with van der Waals surface area (Å²) in [5, 5.41) is 0. The molecule has 0 aliphatic heterocycles. The van der Waals surface area contributed by atoms with E-state index in [1.165, 1.54) is 0 Å². The highest BCUT2D eigenvalue weighted by Gasteiger charge is 2.74. The lowest BCUT2D eigenvalue weighted by molar-refractivity contribution is -0.360. The van der Waals surface area contributed by atoms with Gasteiger partial charge in [-0.3, -0.25) is 0 Å². The van der Waals surface area contributed by atoms with Crippen LogP contribution in [0.1, 0.15) is 5.56 Å². The normalized spacial score (nSPS) is 13.7. The van der Waals surface area contributed by atoms with Crippen molar-refractivity contribution < 1.29 is 39.5 Å². The molecule has 0 spiro atoms. The van der Waals surface area contributed by atoms with Crippen LogP contribution in [0, 0.1) is 11.6 Å². The number of halogens is 9. The fourth-order valence-electron chi connectivity index (χ4n) is 1.15. The molecule has 0 aliphatic rings. The molecule has 19 heavy (non-hydrogen) atoms. The molecule has 0 aliphatic carbocycles. The Balaban J connectivity index is 3.48. The number of benzene rings is 1. The fourth-order valence-corrected chi connectivity index (χ4v) is 1.15. The third-order valence-electron chi connectivity index (χ3n) is 2.17. The van der Waals surface area contributed by atoms with Crippen molar-refractivity contribution in [1.82, 2.24) is 0 Å². The third-order valence-corrected chi connectivity index (χ3v) is 2.17. The van der Waals surface area contributed by atoms with Crippen molar-refractivity contribution in [3.63, 3.8) is 0 Å². The van der Waals surface area contributed by atoms with Gasteiger partial charge in [0, 0.05) is 6.07 Å². The first kappa shape index (κ1) is 15.4. The summed E-state index contributed by atoms with van der Waals surface area (Å²) in [6, 6.07) is -0.602. The molecular formula is C9H4F9N. The second kappa shape index (κ2) is 4.20. The van der Waals surface area contributed by atoms with Gasteiger partial charge in [-0.1, -0.05) is 0 Å². The van der Waals surface area contributed by atoms with E-state index in [-0.39, 0.29) is 6.07 Å². The molecule has 0 fully saturated rings. The minimum atomic E-state index is -6.64. The van der Waals surface area contributed by atoms with Gasteiger partial charge < -0.3 is 5.73 Å². The first-order valence-electron chi connectivity index (χ1n) is 4.39. The monoisotopic (exact) mass is 297 g/mol. The van der Waals surface area contributed by atoms with E-state index in [0.717, 1.165) is 0 Å². The summed E-state index contributed by atoms with van der Waals surface area (Å²) >= 11 is 0. The number of anilines is 1. The summed E-state index contributed by atoms with van der Waals surface area (Å²) in [6.07, 6.45) is -6.64. The van der Waals surface area contributed by atoms with Gasteiger partial charge >= 0.3 is 18.0 Å². The summed E-state index contributed by atoms with van der Waals surface area (Å²) in [6.45, 7) is 0. The molecular weight excluding hydrogens is 293 g/mol. The number of nitrogens with two attached hydrogens (primary N) is 1. The van der Waals surface area contributed by atoms with Gasteiger partial charge in [-0.15, -0.1) is 0 Å². The van der Waals surface area contributed by atoms with Gasteiger partial charge in [-0.2, -0.15) is 30.7 Å². The highest BCUT2D eigenvalue weighted by molar-refractivity contribution is 5.44. The van der Waals surface area contributed by atoms with Gasteiger partial charge in [0.1, 0.15) is 11.6 Å². The third kappa shape index (κ3) is 2.30. The van der Waals surface area contributed by atoms with Crippen LogP contribution in [0.25, 0.3) is 0 Å². The Kier molecular flexibility index (Phi) is 3.42. The molecule has 1 nitrogen and oxygen atoms in total. The second-order valence-electron chi connectivity index (χ2n) is 3.50. The SMILES string of the molecule is Nc1cc(F)c(C(F)(F)C(F)(F)C(F)(F)F)cc1F. The summed E-state index contributed by atoms with van der Waals surface area (Å²) in [7, 11) is 0. The van der Waals surface area contributed by atoms with Crippen molar-refractivity contribution in [3.05, 3.63) is 29.3 Å². The maximum absolute atomic E-state index is 13.1. The van der Waals surface area contributed by atoms with E-state index >= 15 is 0 Å². The lowest BCUT2D eigenvalue weighted by Gasteiger charge is -2.28. The average molecular weight is 297 g/mol. The zero-order valence-electron chi connectivity index (χ0n) is 8.63. The molecule has 0 atom stereocenters. The number of rotatable bonds is 2. The minimum absolute atomic E-state index is 0.106. The molecule has 0 aromatic heterocycles. The summed E-state index contributed by atoms with van der Waals surface area (Å²) in [5.74, 6) is -16.5. The van der Waals surface area contributed by atoms with E-state index in [1.807, 2.05) is 0 Å². The van der Waals surface area contributed by atoms with Crippen molar-refractivity contribution in [2.45, 2.75) is 18.0 Å². The van der Waals surface area contributed by atoms with E-state index in [2.05, 4.69) is 0 Å². The van der Waals surface area contributed by atoms with Crippen LogP contribution >= 0.6 is 0 Å². The van der Waals surface area contributed by atoms with Crippen molar-refractivity contribution in [2.24, 2.45) is 0 Å². The summed E-state index contributed by atoms with van der Waals surface area (Å²) in [5.41, 5.74) is 1.32. The Bertz CT molecular complexity index is 491. The van der Waals surface area contributed by atoms with Crippen LogP contribution in [0.5, 0.6) is 0 Å². The Labute approximate surface area is 99.4 Å². The molecule has 0 radical (unpaired) electrons. The summed E-state index contributed by atoms with van der Waals surface area (Å²) in [4.78, 5) is 0. The van der Waals surface area contributed by atoms with E-state index in [1.54, 1.807) is 0 Å². The van der Waals surface area contributed by atoms with Crippen LogP contribution in [0.3, 0.4) is 0 Å². The maximum Gasteiger partial charge on any atom is 0.460 e. The molecule has 0 bridgehead atoms. The van der Waals surface area contributed by atoms with Gasteiger partial charge in [0.15, 0.2) is 0 Å². The molecule has 1 aromatic rings. The van der Waals surface area contributed by atoms with Crippen LogP contribution in [-0.2, 0) is 5.92 Å². The lowest BCUT2D eigenvalue weighted by atomic mass is 10.0. The molecule has 1 aromatic carbocycles. The predicted octanol–water partition coefficient (Wildman–Crippen LogP) is 3.84. The highest BCUT2D eigenvalue weighted by Crippen LogP contribution is 2.52. The van der Waals surface area contributed by atoms with Crippen molar-refractivity contribution in [2.75, 3.05) is 5.73 Å². The zero-order chi connectivity index (χ0) is 15.2. The summed E-state index contributed by atoms with van der Waals surface area (Å²) < 4.78 is 113. The first-order valence-corrected chi connectivity index (χ1v) is 4.39.